The molecule has 0 radical (unpaired) electrons. The molecule has 0 unspecified atom stereocenters. The van der Waals surface area contributed by atoms with E-state index in [1.807, 2.05) is 0 Å². The van der Waals surface area contributed by atoms with Gasteiger partial charge >= 0.3 is 0 Å². The molecule has 0 aliphatic rings. The Morgan fingerprint density at radius 1 is 1.00 bits per heavy atom. The van der Waals surface area contributed by atoms with Crippen molar-refractivity contribution in [3.8, 4) is 0 Å². The van der Waals surface area contributed by atoms with Crippen LogP contribution in [0.25, 0.3) is 0 Å². The van der Waals surface area contributed by atoms with Crippen LogP contribution in [0.1, 0.15) is 65.2 Å². The van der Waals surface area contributed by atoms with Gasteiger partial charge in [-0.15, -0.1) is 0 Å². The molecule has 0 aromatic heterocycles. The van der Waals surface area contributed by atoms with Crippen molar-refractivity contribution in [2.45, 2.75) is 65.2 Å². The normalized spacial score (nSPS) is 11.8. The van der Waals surface area contributed by atoms with E-state index in [4.69, 9.17) is 5.11 Å². The molecule has 4 heteroatoms. The van der Waals surface area contributed by atoms with E-state index < -0.39 is 0 Å². The van der Waals surface area contributed by atoms with Crippen molar-refractivity contribution >= 4 is 5.91 Å². The average Bonchev–Trinajstić information content (AvgIpc) is 2.57. The van der Waals surface area contributed by atoms with Gasteiger partial charge < -0.3 is 10.4 Å². The lowest BCUT2D eigenvalue weighted by molar-refractivity contribution is -0.121. The fourth-order valence-corrected chi connectivity index (χ4v) is 2.48. The molecule has 0 aliphatic heterocycles. The first-order valence-electron chi connectivity index (χ1n) is 9.60. The number of aliphatic hydroxyl groups is 1. The van der Waals surface area contributed by atoms with E-state index in [0.717, 1.165) is 45.2 Å². The Bertz CT molecular complexity index is 341. The van der Waals surface area contributed by atoms with Crippen LogP contribution in [-0.4, -0.2) is 48.7 Å². The molecule has 4 nitrogen and oxygen atoms in total. The molecule has 0 aromatic rings. The molecule has 140 valence electrons. The minimum Gasteiger partial charge on any atom is -0.395 e. The van der Waals surface area contributed by atoms with E-state index in [-0.39, 0.29) is 12.5 Å². The number of hydrogen-bond acceptors (Lipinski definition) is 3. The zero-order valence-electron chi connectivity index (χ0n) is 15.8. The van der Waals surface area contributed by atoms with Gasteiger partial charge in [0, 0.05) is 26.1 Å². The van der Waals surface area contributed by atoms with Gasteiger partial charge in [0.15, 0.2) is 0 Å². The van der Waals surface area contributed by atoms with Crippen LogP contribution in [0.15, 0.2) is 24.3 Å². The highest BCUT2D eigenvalue weighted by molar-refractivity contribution is 5.75. The van der Waals surface area contributed by atoms with Crippen LogP contribution >= 0.6 is 0 Å². The predicted octanol–water partition coefficient (Wildman–Crippen LogP) is 3.67. The number of nitrogens with one attached hydrogen (secondary N) is 1. The SMILES string of the molecule is C/C=C/CCCCCN(CCO)CCNC(=O)CC/C=C/CCC. The van der Waals surface area contributed by atoms with E-state index >= 15 is 0 Å². The summed E-state index contributed by atoms with van der Waals surface area (Å²) in [6.07, 6.45) is 16.9. The summed E-state index contributed by atoms with van der Waals surface area (Å²) in [7, 11) is 0. The Morgan fingerprint density at radius 3 is 2.50 bits per heavy atom. The van der Waals surface area contributed by atoms with Crippen molar-refractivity contribution in [3.63, 3.8) is 0 Å². The van der Waals surface area contributed by atoms with Crippen molar-refractivity contribution < 1.29 is 9.90 Å². The van der Waals surface area contributed by atoms with Gasteiger partial charge in [-0.25, -0.2) is 0 Å². The van der Waals surface area contributed by atoms with Crippen molar-refractivity contribution in [2.24, 2.45) is 0 Å². The molecule has 0 atom stereocenters. The highest BCUT2D eigenvalue weighted by Crippen LogP contribution is 2.02. The number of amides is 1. The van der Waals surface area contributed by atoms with Gasteiger partial charge in [-0.3, -0.25) is 9.69 Å². The second kappa shape index (κ2) is 18.2. The maximum absolute atomic E-state index is 11.8. The van der Waals surface area contributed by atoms with E-state index in [1.54, 1.807) is 0 Å². The summed E-state index contributed by atoms with van der Waals surface area (Å²) in [5, 5.41) is 12.1. The molecular weight excluding hydrogens is 300 g/mol. The van der Waals surface area contributed by atoms with Crippen molar-refractivity contribution in [1.29, 1.82) is 0 Å². The summed E-state index contributed by atoms with van der Waals surface area (Å²) in [5.41, 5.74) is 0. The number of allylic oxidation sites excluding steroid dienone is 4. The van der Waals surface area contributed by atoms with Crippen LogP contribution < -0.4 is 5.32 Å². The lowest BCUT2D eigenvalue weighted by atomic mass is 10.2. The fraction of sp³-hybridized carbons (Fsp3) is 0.750. The first-order valence-corrected chi connectivity index (χ1v) is 9.60. The van der Waals surface area contributed by atoms with Gasteiger partial charge in [0.2, 0.25) is 5.91 Å². The zero-order valence-corrected chi connectivity index (χ0v) is 15.8. The highest BCUT2D eigenvalue weighted by atomic mass is 16.3. The number of nitrogens with zero attached hydrogens (tertiary/aromatic N) is 1. The smallest absolute Gasteiger partial charge is 0.220 e. The lowest BCUT2D eigenvalue weighted by Gasteiger charge is -2.21. The molecule has 0 aliphatic carbocycles. The van der Waals surface area contributed by atoms with Crippen LogP contribution in [0.4, 0.5) is 0 Å². The van der Waals surface area contributed by atoms with Gasteiger partial charge in [0.25, 0.3) is 0 Å². The van der Waals surface area contributed by atoms with Crippen molar-refractivity contribution in [3.05, 3.63) is 24.3 Å². The molecule has 0 heterocycles. The summed E-state index contributed by atoms with van der Waals surface area (Å²) in [5.74, 6) is 0.117. The minimum atomic E-state index is 0.117. The monoisotopic (exact) mass is 338 g/mol. The predicted molar refractivity (Wildman–Crippen MR) is 103 cm³/mol. The number of carbonyl (C=O) groups excluding carboxylic acids is 1. The third-order valence-corrected chi connectivity index (χ3v) is 3.91. The Balaban J connectivity index is 3.73. The number of hydrogen-bond donors (Lipinski definition) is 2. The molecule has 1 amide bonds. The molecule has 2 N–H and O–H groups in total. The lowest BCUT2D eigenvalue weighted by Crippen LogP contribution is -2.36. The summed E-state index contributed by atoms with van der Waals surface area (Å²) in [6.45, 7) is 7.53. The van der Waals surface area contributed by atoms with E-state index in [0.29, 0.717) is 19.5 Å². The van der Waals surface area contributed by atoms with Gasteiger partial charge in [0.1, 0.15) is 0 Å². The molecule has 24 heavy (non-hydrogen) atoms. The van der Waals surface area contributed by atoms with E-state index in [2.05, 4.69) is 48.4 Å². The molecule has 0 saturated heterocycles. The minimum absolute atomic E-state index is 0.117. The van der Waals surface area contributed by atoms with Crippen LogP contribution in [0, 0.1) is 0 Å². The third kappa shape index (κ3) is 15.8. The molecule has 0 spiro atoms. The Morgan fingerprint density at radius 2 is 1.79 bits per heavy atom. The first kappa shape index (κ1) is 22.9. The molecule has 0 rings (SSSR count). The fourth-order valence-electron chi connectivity index (χ4n) is 2.48. The number of rotatable bonds is 16. The van der Waals surface area contributed by atoms with Crippen LogP contribution in [0.3, 0.4) is 0 Å². The summed E-state index contributed by atoms with van der Waals surface area (Å²) >= 11 is 0. The summed E-state index contributed by atoms with van der Waals surface area (Å²) in [6, 6.07) is 0. The number of aliphatic hydroxyl groups excluding tert-OH is 1. The second-order valence-electron chi connectivity index (χ2n) is 6.13. The van der Waals surface area contributed by atoms with Crippen molar-refractivity contribution in [1.82, 2.24) is 10.2 Å². The van der Waals surface area contributed by atoms with Crippen LogP contribution in [0.2, 0.25) is 0 Å². The molecular formula is C20H38N2O2. The molecule has 0 aromatic carbocycles. The van der Waals surface area contributed by atoms with Gasteiger partial charge in [-0.1, -0.05) is 44.1 Å². The quantitative estimate of drug-likeness (QED) is 0.333. The standard InChI is InChI=1S/C20H38N2O2/c1-3-5-7-9-11-13-16-22(18-19-23)17-15-21-20(24)14-12-10-8-6-4-2/h3,5,8,10,23H,4,6-7,9,11-19H2,1-2H3,(H,21,24)/b5-3+,10-8+. The summed E-state index contributed by atoms with van der Waals surface area (Å²) in [4.78, 5) is 14.0. The maximum Gasteiger partial charge on any atom is 0.220 e. The van der Waals surface area contributed by atoms with E-state index in [9.17, 15) is 4.79 Å². The van der Waals surface area contributed by atoms with Gasteiger partial charge in [0.05, 0.1) is 6.61 Å². The molecule has 0 fully saturated rings. The Kier molecular flexibility index (Phi) is 17.4. The second-order valence-corrected chi connectivity index (χ2v) is 6.13. The number of unbranched alkanes of at least 4 members (excludes halogenated alkanes) is 4. The van der Waals surface area contributed by atoms with Crippen LogP contribution in [-0.2, 0) is 4.79 Å². The van der Waals surface area contributed by atoms with Gasteiger partial charge in [-0.2, -0.15) is 0 Å². The summed E-state index contributed by atoms with van der Waals surface area (Å²) < 4.78 is 0. The first-order chi connectivity index (χ1) is 11.7. The van der Waals surface area contributed by atoms with E-state index in [1.165, 1.54) is 12.8 Å². The number of carbonyl (C=O) groups is 1. The highest BCUT2D eigenvalue weighted by Gasteiger charge is 2.05. The van der Waals surface area contributed by atoms with Crippen LogP contribution in [0.5, 0.6) is 0 Å². The Labute approximate surface area is 149 Å². The molecule has 0 bridgehead atoms. The zero-order chi connectivity index (χ0) is 17.9. The maximum atomic E-state index is 11.8. The average molecular weight is 339 g/mol. The largest absolute Gasteiger partial charge is 0.395 e. The molecule has 0 saturated carbocycles. The van der Waals surface area contributed by atoms with Gasteiger partial charge in [-0.05, 0) is 45.6 Å². The third-order valence-electron chi connectivity index (χ3n) is 3.91. The Hall–Kier alpha value is -1.13. The van der Waals surface area contributed by atoms with Crippen molar-refractivity contribution in [2.75, 3.05) is 32.8 Å². The topological polar surface area (TPSA) is 52.6 Å².